The lowest BCUT2D eigenvalue weighted by molar-refractivity contribution is -0.120. The Hall–Kier alpha value is -2.52. The molecule has 9 heteroatoms. The SMILES string of the molecule is O=C(Cn1cnc2sc3c(c2c1=O)CCCC3)NC(=O)Nc1ccc(Br)cc1. The van der Waals surface area contributed by atoms with Crippen molar-refractivity contribution in [2.75, 3.05) is 5.32 Å². The fourth-order valence-electron chi connectivity index (χ4n) is 3.31. The number of urea groups is 1. The smallest absolute Gasteiger partial charge is 0.308 e. The van der Waals surface area contributed by atoms with Gasteiger partial charge in [-0.3, -0.25) is 19.5 Å². The average molecular weight is 461 g/mol. The first-order valence-corrected chi connectivity index (χ1v) is 10.5. The van der Waals surface area contributed by atoms with Crippen LogP contribution >= 0.6 is 27.3 Å². The number of carbonyl (C=O) groups is 2. The predicted molar refractivity (Wildman–Crippen MR) is 112 cm³/mol. The maximum Gasteiger partial charge on any atom is 0.325 e. The van der Waals surface area contributed by atoms with Gasteiger partial charge in [-0.05, 0) is 55.5 Å². The number of aryl methyl sites for hydroxylation is 2. The number of benzene rings is 1. The summed E-state index contributed by atoms with van der Waals surface area (Å²) in [5, 5.41) is 5.43. The Labute approximate surface area is 172 Å². The second-order valence-corrected chi connectivity index (χ2v) is 8.58. The van der Waals surface area contributed by atoms with Gasteiger partial charge in [0.1, 0.15) is 11.4 Å². The predicted octanol–water partition coefficient (Wildman–Crippen LogP) is 3.45. The fraction of sp³-hybridized carbons (Fsp3) is 0.263. The molecule has 0 unspecified atom stereocenters. The van der Waals surface area contributed by atoms with E-state index in [0.29, 0.717) is 11.1 Å². The van der Waals surface area contributed by atoms with Crippen LogP contribution in [0.25, 0.3) is 10.2 Å². The number of hydrogen-bond acceptors (Lipinski definition) is 5. The number of nitrogens with zero attached hydrogens (tertiary/aromatic N) is 2. The van der Waals surface area contributed by atoms with E-state index in [1.807, 2.05) is 0 Å². The van der Waals surface area contributed by atoms with Crippen molar-refractivity contribution in [1.82, 2.24) is 14.9 Å². The van der Waals surface area contributed by atoms with Crippen LogP contribution in [0, 0.1) is 0 Å². The fourth-order valence-corrected chi connectivity index (χ4v) is 4.79. The molecule has 0 aliphatic heterocycles. The van der Waals surface area contributed by atoms with E-state index in [4.69, 9.17) is 0 Å². The molecular formula is C19H17BrN4O3S. The molecule has 1 aliphatic carbocycles. The van der Waals surface area contributed by atoms with Crippen LogP contribution in [0.5, 0.6) is 0 Å². The number of carbonyl (C=O) groups excluding carboxylic acids is 2. The highest BCUT2D eigenvalue weighted by atomic mass is 79.9. The van der Waals surface area contributed by atoms with Crippen molar-refractivity contribution in [2.24, 2.45) is 0 Å². The van der Waals surface area contributed by atoms with E-state index in [-0.39, 0.29) is 12.1 Å². The molecule has 7 nitrogen and oxygen atoms in total. The minimum Gasteiger partial charge on any atom is -0.308 e. The molecule has 0 saturated carbocycles. The van der Waals surface area contributed by atoms with Gasteiger partial charge in [0.25, 0.3) is 5.56 Å². The number of imide groups is 1. The summed E-state index contributed by atoms with van der Waals surface area (Å²) in [4.78, 5) is 43.4. The number of hydrogen-bond donors (Lipinski definition) is 2. The Bertz CT molecular complexity index is 1120. The molecule has 4 rings (SSSR count). The van der Waals surface area contributed by atoms with E-state index >= 15 is 0 Å². The first kappa shape index (κ1) is 18.8. The summed E-state index contributed by atoms with van der Waals surface area (Å²) >= 11 is 4.87. The molecule has 1 aliphatic rings. The molecule has 2 N–H and O–H groups in total. The summed E-state index contributed by atoms with van der Waals surface area (Å²) in [6.45, 7) is -0.264. The average Bonchev–Trinajstić information content (AvgIpc) is 3.05. The highest BCUT2D eigenvalue weighted by Crippen LogP contribution is 2.33. The molecular weight excluding hydrogens is 444 g/mol. The number of aromatic nitrogens is 2. The van der Waals surface area contributed by atoms with Gasteiger partial charge < -0.3 is 5.32 Å². The molecule has 1 aromatic carbocycles. The van der Waals surface area contributed by atoms with E-state index in [1.54, 1.807) is 35.6 Å². The third-order valence-electron chi connectivity index (χ3n) is 4.61. The van der Waals surface area contributed by atoms with E-state index in [9.17, 15) is 14.4 Å². The lowest BCUT2D eigenvalue weighted by Crippen LogP contribution is -2.38. The standard InChI is InChI=1S/C19H17BrN4O3S/c20-11-5-7-12(8-6-11)22-19(27)23-15(25)9-24-10-21-17-16(18(24)26)13-3-1-2-4-14(13)28-17/h5-8,10H,1-4,9H2,(H2,22,23,25,27). The van der Waals surface area contributed by atoms with Gasteiger partial charge in [0.15, 0.2) is 0 Å². The van der Waals surface area contributed by atoms with Crippen molar-refractivity contribution in [2.45, 2.75) is 32.2 Å². The summed E-state index contributed by atoms with van der Waals surface area (Å²) in [6.07, 6.45) is 5.41. The molecule has 0 atom stereocenters. The maximum atomic E-state index is 12.9. The maximum absolute atomic E-state index is 12.9. The van der Waals surface area contributed by atoms with Gasteiger partial charge >= 0.3 is 6.03 Å². The van der Waals surface area contributed by atoms with Crippen LogP contribution < -0.4 is 16.2 Å². The first-order valence-electron chi connectivity index (χ1n) is 8.87. The van der Waals surface area contributed by atoms with Crippen molar-refractivity contribution in [1.29, 1.82) is 0 Å². The van der Waals surface area contributed by atoms with Gasteiger partial charge in [-0.25, -0.2) is 9.78 Å². The molecule has 0 spiro atoms. The topological polar surface area (TPSA) is 93.1 Å². The van der Waals surface area contributed by atoms with Gasteiger partial charge in [-0.2, -0.15) is 0 Å². The van der Waals surface area contributed by atoms with Crippen LogP contribution in [0.1, 0.15) is 23.3 Å². The van der Waals surface area contributed by atoms with Gasteiger partial charge in [0.2, 0.25) is 5.91 Å². The summed E-state index contributed by atoms with van der Waals surface area (Å²) < 4.78 is 2.14. The first-order chi connectivity index (χ1) is 13.5. The summed E-state index contributed by atoms with van der Waals surface area (Å²) in [6, 6.07) is 6.31. The summed E-state index contributed by atoms with van der Waals surface area (Å²) in [5.74, 6) is -0.582. The minimum absolute atomic E-state index is 0.229. The Kier molecular flexibility index (Phi) is 5.27. The van der Waals surface area contributed by atoms with E-state index in [1.165, 1.54) is 15.8 Å². The van der Waals surface area contributed by atoms with Crippen molar-refractivity contribution >= 4 is 55.1 Å². The zero-order valence-corrected chi connectivity index (χ0v) is 17.2. The van der Waals surface area contributed by atoms with Crippen molar-refractivity contribution < 1.29 is 9.59 Å². The van der Waals surface area contributed by atoms with Crippen molar-refractivity contribution in [3.8, 4) is 0 Å². The molecule has 2 heterocycles. The van der Waals surface area contributed by atoms with Crippen LogP contribution in [0.3, 0.4) is 0 Å². The molecule has 3 amide bonds. The third kappa shape index (κ3) is 3.85. The Morgan fingerprint density at radius 3 is 2.71 bits per heavy atom. The van der Waals surface area contributed by atoms with Crippen LogP contribution in [-0.4, -0.2) is 21.5 Å². The second-order valence-electron chi connectivity index (χ2n) is 6.58. The van der Waals surface area contributed by atoms with Crippen molar-refractivity contribution in [3.63, 3.8) is 0 Å². The molecule has 28 heavy (non-hydrogen) atoms. The zero-order chi connectivity index (χ0) is 19.7. The van der Waals surface area contributed by atoms with Gasteiger partial charge in [-0.15, -0.1) is 11.3 Å². The van der Waals surface area contributed by atoms with E-state index in [2.05, 4.69) is 31.5 Å². The normalized spacial score (nSPS) is 13.2. The summed E-state index contributed by atoms with van der Waals surface area (Å²) in [7, 11) is 0. The highest BCUT2D eigenvalue weighted by Gasteiger charge is 2.20. The van der Waals surface area contributed by atoms with Crippen LogP contribution in [-0.2, 0) is 24.2 Å². The zero-order valence-electron chi connectivity index (χ0n) is 14.8. The van der Waals surface area contributed by atoms with Gasteiger partial charge in [-0.1, -0.05) is 15.9 Å². The quantitative estimate of drug-likeness (QED) is 0.625. The Morgan fingerprint density at radius 1 is 1.18 bits per heavy atom. The van der Waals surface area contributed by atoms with Crippen LogP contribution in [0.4, 0.5) is 10.5 Å². The van der Waals surface area contributed by atoms with Crippen LogP contribution in [0.2, 0.25) is 0 Å². The lowest BCUT2D eigenvalue weighted by atomic mass is 9.97. The molecule has 0 radical (unpaired) electrons. The number of amides is 3. The lowest BCUT2D eigenvalue weighted by Gasteiger charge is -2.10. The monoisotopic (exact) mass is 460 g/mol. The van der Waals surface area contributed by atoms with Gasteiger partial charge in [0, 0.05) is 15.0 Å². The van der Waals surface area contributed by atoms with E-state index < -0.39 is 11.9 Å². The molecule has 0 bridgehead atoms. The second kappa shape index (κ2) is 7.84. The number of anilines is 1. The van der Waals surface area contributed by atoms with E-state index in [0.717, 1.165) is 40.5 Å². The molecule has 0 fully saturated rings. The third-order valence-corrected chi connectivity index (χ3v) is 6.34. The number of nitrogens with one attached hydrogen (secondary N) is 2. The number of fused-ring (bicyclic) bond motifs is 3. The molecule has 3 aromatic rings. The molecule has 144 valence electrons. The minimum atomic E-state index is -0.651. The molecule has 2 aromatic heterocycles. The summed E-state index contributed by atoms with van der Waals surface area (Å²) in [5.41, 5.74) is 1.40. The Balaban J connectivity index is 1.47. The number of halogens is 1. The number of thiophene rings is 1. The Morgan fingerprint density at radius 2 is 1.93 bits per heavy atom. The van der Waals surface area contributed by atoms with Crippen LogP contribution in [0.15, 0.2) is 39.9 Å². The van der Waals surface area contributed by atoms with Gasteiger partial charge in [0.05, 0.1) is 11.7 Å². The largest absolute Gasteiger partial charge is 0.325 e. The van der Waals surface area contributed by atoms with Crippen molar-refractivity contribution in [3.05, 3.63) is 55.9 Å². The molecule has 0 saturated heterocycles. The number of rotatable bonds is 3. The highest BCUT2D eigenvalue weighted by molar-refractivity contribution is 9.10.